The fraction of sp³-hybridized carbons (Fsp3) is 0.429. The predicted molar refractivity (Wildman–Crippen MR) is 102 cm³/mol. The number of aliphatic carboxylic acids is 1. The van der Waals surface area contributed by atoms with Gasteiger partial charge in [0.15, 0.2) is 0 Å². The number of amides is 1. The third-order valence-corrected chi connectivity index (χ3v) is 4.36. The number of aliphatic hydroxyl groups excluding tert-OH is 1. The first-order valence-electron chi connectivity index (χ1n) is 9.20. The molecule has 1 aliphatic rings. The molecule has 2 rings (SSSR count). The molecule has 6 heteroatoms. The minimum absolute atomic E-state index is 0.0405. The summed E-state index contributed by atoms with van der Waals surface area (Å²) in [7, 11) is 0. The van der Waals surface area contributed by atoms with Gasteiger partial charge >= 0.3 is 5.97 Å². The van der Waals surface area contributed by atoms with Crippen LogP contribution in [0.15, 0.2) is 54.6 Å². The Morgan fingerprint density at radius 2 is 2.07 bits per heavy atom. The summed E-state index contributed by atoms with van der Waals surface area (Å²) in [6.07, 6.45) is 9.39. The molecule has 0 bridgehead atoms. The molecule has 1 aliphatic heterocycles. The van der Waals surface area contributed by atoms with Gasteiger partial charge in [0.2, 0.25) is 5.91 Å². The summed E-state index contributed by atoms with van der Waals surface area (Å²) in [5, 5.41) is 18.7. The summed E-state index contributed by atoms with van der Waals surface area (Å²) in [5.41, 5.74) is 1.07. The summed E-state index contributed by atoms with van der Waals surface area (Å²) >= 11 is 0. The van der Waals surface area contributed by atoms with Crippen molar-refractivity contribution < 1.29 is 24.5 Å². The molecule has 1 aromatic rings. The number of carbonyl (C=O) groups is 2. The Morgan fingerprint density at radius 3 is 2.81 bits per heavy atom. The Bertz CT molecular complexity index is 656. The van der Waals surface area contributed by atoms with Crippen molar-refractivity contribution in [3.8, 4) is 0 Å². The number of hydrogen-bond acceptors (Lipinski definition) is 4. The van der Waals surface area contributed by atoms with Gasteiger partial charge in [-0.15, -0.1) is 0 Å². The van der Waals surface area contributed by atoms with Gasteiger partial charge in [-0.1, -0.05) is 54.6 Å². The summed E-state index contributed by atoms with van der Waals surface area (Å²) in [6, 6.07) is 9.74. The van der Waals surface area contributed by atoms with Gasteiger partial charge < -0.3 is 19.8 Å². The normalized spacial score (nSPS) is 19.1. The standard InChI is InChI=1S/C21H27NO5/c23-19(15-17-7-2-1-3-8-17)12-11-18-9-6-10-20(24)22(18)13-4-5-14-27-16-21(25)26/h1-5,7-8,11-12,18-19,23H,6,9-10,13-16H2,(H,25,26)/b5-4-,12-11+/t18?,19-/m0/s1. The molecular formula is C21H27NO5. The van der Waals surface area contributed by atoms with Gasteiger partial charge in [0.05, 0.1) is 18.8 Å². The minimum atomic E-state index is -1.01. The zero-order valence-corrected chi connectivity index (χ0v) is 15.4. The van der Waals surface area contributed by atoms with Crippen LogP contribution in [0.4, 0.5) is 0 Å². The predicted octanol–water partition coefficient (Wildman–Crippen LogP) is 2.18. The minimum Gasteiger partial charge on any atom is -0.480 e. The average Bonchev–Trinajstić information content (AvgIpc) is 2.65. The number of likely N-dealkylation sites (tertiary alicyclic amines) is 1. The fourth-order valence-corrected chi connectivity index (χ4v) is 3.03. The van der Waals surface area contributed by atoms with Gasteiger partial charge in [0.25, 0.3) is 0 Å². The molecule has 0 saturated carbocycles. The Balaban J connectivity index is 1.85. The van der Waals surface area contributed by atoms with Crippen molar-refractivity contribution in [2.75, 3.05) is 19.8 Å². The molecule has 1 fully saturated rings. The van der Waals surface area contributed by atoms with E-state index in [4.69, 9.17) is 9.84 Å². The van der Waals surface area contributed by atoms with Crippen LogP contribution in [0.1, 0.15) is 24.8 Å². The molecule has 2 atom stereocenters. The second kappa shape index (κ2) is 11.3. The van der Waals surface area contributed by atoms with E-state index in [9.17, 15) is 14.7 Å². The van der Waals surface area contributed by atoms with Crippen molar-refractivity contribution in [3.05, 3.63) is 60.2 Å². The SMILES string of the molecule is O=C(O)COC/C=C\CN1C(=O)CCCC1/C=C/[C@H](O)Cc1ccccc1. The summed E-state index contributed by atoms with van der Waals surface area (Å²) in [5.74, 6) is -0.918. The third-order valence-electron chi connectivity index (χ3n) is 4.36. The maximum atomic E-state index is 12.2. The van der Waals surface area contributed by atoms with Crippen LogP contribution in [0, 0.1) is 0 Å². The number of carboxylic acids is 1. The highest BCUT2D eigenvalue weighted by atomic mass is 16.5. The number of benzene rings is 1. The highest BCUT2D eigenvalue weighted by Crippen LogP contribution is 2.19. The highest BCUT2D eigenvalue weighted by molar-refractivity contribution is 5.77. The summed E-state index contributed by atoms with van der Waals surface area (Å²) in [4.78, 5) is 24.4. The lowest BCUT2D eigenvalue weighted by Gasteiger charge is -2.33. The zero-order chi connectivity index (χ0) is 19.5. The number of nitrogens with zero attached hydrogens (tertiary/aromatic N) is 1. The number of carbonyl (C=O) groups excluding carboxylic acids is 1. The van der Waals surface area contributed by atoms with Crippen LogP contribution in [-0.4, -0.2) is 58.9 Å². The van der Waals surface area contributed by atoms with Gasteiger partial charge in [-0.25, -0.2) is 4.79 Å². The molecule has 1 aromatic carbocycles. The van der Waals surface area contributed by atoms with Crippen LogP contribution in [0.5, 0.6) is 0 Å². The van der Waals surface area contributed by atoms with E-state index in [1.54, 1.807) is 17.1 Å². The first-order valence-corrected chi connectivity index (χ1v) is 9.20. The quantitative estimate of drug-likeness (QED) is 0.485. The molecular weight excluding hydrogens is 346 g/mol. The van der Waals surface area contributed by atoms with E-state index in [0.29, 0.717) is 19.4 Å². The van der Waals surface area contributed by atoms with Crippen molar-refractivity contribution in [2.24, 2.45) is 0 Å². The van der Waals surface area contributed by atoms with Crippen molar-refractivity contribution in [1.29, 1.82) is 0 Å². The van der Waals surface area contributed by atoms with E-state index < -0.39 is 12.1 Å². The molecule has 27 heavy (non-hydrogen) atoms. The van der Waals surface area contributed by atoms with Crippen molar-refractivity contribution in [1.82, 2.24) is 4.90 Å². The molecule has 6 nitrogen and oxygen atoms in total. The van der Waals surface area contributed by atoms with Crippen LogP contribution in [0.3, 0.4) is 0 Å². The molecule has 1 unspecified atom stereocenters. The monoisotopic (exact) mass is 373 g/mol. The first kappa shape index (κ1) is 20.9. The Hall–Kier alpha value is -2.44. The topological polar surface area (TPSA) is 87.1 Å². The fourth-order valence-electron chi connectivity index (χ4n) is 3.03. The van der Waals surface area contributed by atoms with Crippen LogP contribution in [-0.2, 0) is 20.7 Å². The van der Waals surface area contributed by atoms with E-state index in [2.05, 4.69) is 0 Å². The average molecular weight is 373 g/mol. The first-order chi connectivity index (χ1) is 13.1. The summed E-state index contributed by atoms with van der Waals surface area (Å²) < 4.78 is 4.94. The lowest BCUT2D eigenvalue weighted by atomic mass is 9.99. The molecule has 1 saturated heterocycles. The van der Waals surface area contributed by atoms with E-state index in [0.717, 1.165) is 18.4 Å². The zero-order valence-electron chi connectivity index (χ0n) is 15.4. The second-order valence-corrected chi connectivity index (χ2v) is 6.53. The maximum absolute atomic E-state index is 12.2. The van der Waals surface area contributed by atoms with E-state index >= 15 is 0 Å². The molecule has 0 aliphatic carbocycles. The second-order valence-electron chi connectivity index (χ2n) is 6.53. The van der Waals surface area contributed by atoms with Crippen LogP contribution >= 0.6 is 0 Å². The van der Waals surface area contributed by atoms with Gasteiger partial charge in [0, 0.05) is 19.4 Å². The number of carboxylic acid groups (broad SMARTS) is 1. The molecule has 146 valence electrons. The Kier molecular flexibility index (Phi) is 8.74. The number of piperidine rings is 1. The lowest BCUT2D eigenvalue weighted by molar-refractivity contribution is -0.141. The van der Waals surface area contributed by atoms with E-state index in [1.165, 1.54) is 0 Å². The van der Waals surface area contributed by atoms with Crippen molar-refractivity contribution in [3.63, 3.8) is 0 Å². The molecule has 0 aromatic heterocycles. The molecule has 0 spiro atoms. The number of rotatable bonds is 10. The van der Waals surface area contributed by atoms with Gasteiger partial charge in [-0.2, -0.15) is 0 Å². The van der Waals surface area contributed by atoms with Crippen LogP contribution in [0.25, 0.3) is 0 Å². The van der Waals surface area contributed by atoms with E-state index in [1.807, 2.05) is 42.5 Å². The van der Waals surface area contributed by atoms with Gasteiger partial charge in [-0.05, 0) is 18.4 Å². The number of aliphatic hydroxyl groups is 1. The Morgan fingerprint density at radius 1 is 1.30 bits per heavy atom. The maximum Gasteiger partial charge on any atom is 0.329 e. The molecule has 1 amide bonds. The van der Waals surface area contributed by atoms with E-state index in [-0.39, 0.29) is 25.2 Å². The summed E-state index contributed by atoms with van der Waals surface area (Å²) in [6.45, 7) is 0.307. The smallest absolute Gasteiger partial charge is 0.329 e. The molecule has 0 radical (unpaired) electrons. The largest absolute Gasteiger partial charge is 0.480 e. The van der Waals surface area contributed by atoms with Crippen molar-refractivity contribution >= 4 is 11.9 Å². The Labute approximate surface area is 159 Å². The third kappa shape index (κ3) is 7.76. The number of ether oxygens (including phenoxy) is 1. The van der Waals surface area contributed by atoms with Crippen LogP contribution in [0.2, 0.25) is 0 Å². The van der Waals surface area contributed by atoms with Gasteiger partial charge in [0.1, 0.15) is 6.61 Å². The lowest BCUT2D eigenvalue weighted by Crippen LogP contribution is -2.42. The molecule has 2 N–H and O–H groups in total. The highest BCUT2D eigenvalue weighted by Gasteiger charge is 2.25. The van der Waals surface area contributed by atoms with Gasteiger partial charge in [-0.3, -0.25) is 4.79 Å². The van der Waals surface area contributed by atoms with Crippen molar-refractivity contribution in [2.45, 2.75) is 37.8 Å². The number of hydrogen-bond donors (Lipinski definition) is 2. The van der Waals surface area contributed by atoms with Crippen LogP contribution < -0.4 is 0 Å². The molecule has 1 heterocycles.